The van der Waals surface area contributed by atoms with Crippen LogP contribution < -0.4 is 29.6 Å². The third-order valence-corrected chi connectivity index (χ3v) is 4.59. The Morgan fingerprint density at radius 3 is 2.13 bits per heavy atom. The van der Waals surface area contributed by atoms with Crippen LogP contribution in [-0.4, -0.2) is 33.3 Å². The monoisotopic (exact) mass is 422 g/mol. The maximum atomic E-state index is 12.6. The Morgan fingerprint density at radius 2 is 1.45 bits per heavy atom. The van der Waals surface area contributed by atoms with Gasteiger partial charge in [0, 0.05) is 11.8 Å². The third kappa shape index (κ3) is 5.60. The molecule has 7 nitrogen and oxygen atoms in total. The molecule has 0 spiro atoms. The smallest absolute Gasteiger partial charge is 0.246 e. The number of amides is 1. The number of ether oxygens (including phenoxy) is 4. The minimum Gasteiger partial charge on any atom is -0.497 e. The zero-order valence-corrected chi connectivity index (χ0v) is 18.0. The first-order chi connectivity index (χ1) is 15.0. The fourth-order valence-corrected chi connectivity index (χ4v) is 2.92. The van der Waals surface area contributed by atoms with Gasteiger partial charge in [-0.25, -0.2) is 0 Å². The van der Waals surface area contributed by atoms with Crippen molar-refractivity contribution in [1.29, 1.82) is 0 Å². The van der Waals surface area contributed by atoms with Crippen molar-refractivity contribution in [2.45, 2.75) is 13.0 Å². The molecule has 1 amide bonds. The second kappa shape index (κ2) is 10.2. The van der Waals surface area contributed by atoms with Crippen molar-refractivity contribution in [3.8, 4) is 28.7 Å². The van der Waals surface area contributed by atoms with Crippen LogP contribution in [0.4, 0.5) is 11.4 Å². The summed E-state index contributed by atoms with van der Waals surface area (Å²) in [5.74, 6) is 2.88. The van der Waals surface area contributed by atoms with Crippen LogP contribution in [0.3, 0.4) is 0 Å². The molecule has 0 fully saturated rings. The Kier molecular flexibility index (Phi) is 7.22. The Labute approximate surface area is 181 Å². The van der Waals surface area contributed by atoms with E-state index in [2.05, 4.69) is 10.6 Å². The standard InChI is InChI=1S/C24H26N2O5/c1-16(24(27)26-20-7-5-6-8-21(20)29-3)25-17-9-14-22(30-4)23(15-17)31-19-12-10-18(28-2)11-13-19/h5-16,25H,1-4H3,(H,26,27). The van der Waals surface area contributed by atoms with Crippen LogP contribution in [-0.2, 0) is 4.79 Å². The van der Waals surface area contributed by atoms with E-state index in [1.54, 1.807) is 52.5 Å². The predicted molar refractivity (Wildman–Crippen MR) is 121 cm³/mol. The second-order valence-corrected chi connectivity index (χ2v) is 6.70. The summed E-state index contributed by atoms with van der Waals surface area (Å²) in [5, 5.41) is 6.06. The first-order valence-corrected chi connectivity index (χ1v) is 9.74. The molecule has 0 aliphatic rings. The number of rotatable bonds is 9. The molecular formula is C24H26N2O5. The second-order valence-electron chi connectivity index (χ2n) is 6.70. The topological polar surface area (TPSA) is 78.1 Å². The van der Waals surface area contributed by atoms with Crippen LogP contribution in [0, 0.1) is 0 Å². The molecule has 0 radical (unpaired) electrons. The maximum Gasteiger partial charge on any atom is 0.246 e. The number of carbonyl (C=O) groups excluding carboxylic acids is 1. The van der Waals surface area contributed by atoms with Crippen LogP contribution in [0.1, 0.15) is 6.92 Å². The number of benzene rings is 3. The number of hydrogen-bond acceptors (Lipinski definition) is 6. The van der Waals surface area contributed by atoms with E-state index in [0.29, 0.717) is 34.4 Å². The summed E-state index contributed by atoms with van der Waals surface area (Å²) in [6.07, 6.45) is 0. The molecule has 2 N–H and O–H groups in total. The van der Waals surface area contributed by atoms with Crippen molar-refractivity contribution in [3.63, 3.8) is 0 Å². The van der Waals surface area contributed by atoms with E-state index in [4.69, 9.17) is 18.9 Å². The molecule has 3 rings (SSSR count). The minimum absolute atomic E-state index is 0.196. The molecule has 0 heterocycles. The molecule has 0 aliphatic heterocycles. The average molecular weight is 422 g/mol. The lowest BCUT2D eigenvalue weighted by Gasteiger charge is -2.18. The van der Waals surface area contributed by atoms with Gasteiger partial charge in [-0.15, -0.1) is 0 Å². The number of para-hydroxylation sites is 2. The predicted octanol–water partition coefficient (Wildman–Crippen LogP) is 4.94. The van der Waals surface area contributed by atoms with Gasteiger partial charge in [0.05, 0.1) is 27.0 Å². The summed E-state index contributed by atoms with van der Waals surface area (Å²) >= 11 is 0. The van der Waals surface area contributed by atoms with E-state index >= 15 is 0 Å². The van der Waals surface area contributed by atoms with Crippen molar-refractivity contribution in [3.05, 3.63) is 66.7 Å². The van der Waals surface area contributed by atoms with Gasteiger partial charge in [0.25, 0.3) is 0 Å². The number of carbonyl (C=O) groups is 1. The molecule has 162 valence electrons. The van der Waals surface area contributed by atoms with Gasteiger partial charge in [-0.3, -0.25) is 4.79 Å². The van der Waals surface area contributed by atoms with E-state index in [-0.39, 0.29) is 5.91 Å². The van der Waals surface area contributed by atoms with Crippen molar-refractivity contribution in [2.24, 2.45) is 0 Å². The first kappa shape index (κ1) is 21.8. The quantitative estimate of drug-likeness (QED) is 0.508. The highest BCUT2D eigenvalue weighted by atomic mass is 16.5. The Morgan fingerprint density at radius 1 is 0.774 bits per heavy atom. The number of anilines is 2. The van der Waals surface area contributed by atoms with E-state index in [9.17, 15) is 4.79 Å². The Bertz CT molecular complexity index is 1020. The number of methoxy groups -OCH3 is 3. The minimum atomic E-state index is -0.507. The molecule has 1 unspecified atom stereocenters. The molecule has 0 saturated carbocycles. The van der Waals surface area contributed by atoms with Crippen LogP contribution >= 0.6 is 0 Å². The molecule has 7 heteroatoms. The molecule has 0 bridgehead atoms. The Hall–Kier alpha value is -3.87. The fourth-order valence-electron chi connectivity index (χ4n) is 2.92. The van der Waals surface area contributed by atoms with Crippen molar-refractivity contribution < 1.29 is 23.7 Å². The van der Waals surface area contributed by atoms with E-state index in [1.807, 2.05) is 42.5 Å². The lowest BCUT2D eigenvalue weighted by molar-refractivity contribution is -0.116. The summed E-state index contributed by atoms with van der Waals surface area (Å²) in [6.45, 7) is 1.78. The largest absolute Gasteiger partial charge is 0.497 e. The van der Waals surface area contributed by atoms with Crippen LogP contribution in [0.5, 0.6) is 28.7 Å². The summed E-state index contributed by atoms with van der Waals surface area (Å²) in [6, 6.07) is 19.4. The molecule has 0 aliphatic carbocycles. The van der Waals surface area contributed by atoms with E-state index in [0.717, 1.165) is 5.75 Å². The summed E-state index contributed by atoms with van der Waals surface area (Å²) < 4.78 is 21.8. The molecule has 0 aromatic heterocycles. The molecular weight excluding hydrogens is 396 g/mol. The van der Waals surface area contributed by atoms with Crippen molar-refractivity contribution >= 4 is 17.3 Å². The van der Waals surface area contributed by atoms with Gasteiger partial charge < -0.3 is 29.6 Å². The number of nitrogens with one attached hydrogen (secondary N) is 2. The van der Waals surface area contributed by atoms with Crippen molar-refractivity contribution in [2.75, 3.05) is 32.0 Å². The first-order valence-electron chi connectivity index (χ1n) is 9.74. The zero-order valence-electron chi connectivity index (χ0n) is 18.0. The fraction of sp³-hybridized carbons (Fsp3) is 0.208. The van der Waals surface area contributed by atoms with Gasteiger partial charge >= 0.3 is 0 Å². The van der Waals surface area contributed by atoms with Gasteiger partial charge in [-0.1, -0.05) is 12.1 Å². The molecule has 1 atom stereocenters. The SMILES string of the molecule is COc1ccc(Oc2cc(NC(C)C(=O)Nc3ccccc3OC)ccc2OC)cc1. The van der Waals surface area contributed by atoms with Gasteiger partial charge in [-0.2, -0.15) is 0 Å². The molecule has 0 saturated heterocycles. The van der Waals surface area contributed by atoms with Gasteiger partial charge in [0.15, 0.2) is 11.5 Å². The highest BCUT2D eigenvalue weighted by molar-refractivity contribution is 5.97. The van der Waals surface area contributed by atoms with E-state index in [1.165, 1.54) is 0 Å². The Balaban J connectivity index is 1.71. The number of hydrogen-bond donors (Lipinski definition) is 2. The van der Waals surface area contributed by atoms with E-state index < -0.39 is 6.04 Å². The van der Waals surface area contributed by atoms with Gasteiger partial charge in [0.1, 0.15) is 23.3 Å². The third-order valence-electron chi connectivity index (χ3n) is 4.59. The highest BCUT2D eigenvalue weighted by Crippen LogP contribution is 2.35. The van der Waals surface area contributed by atoms with Gasteiger partial charge in [0.2, 0.25) is 5.91 Å². The van der Waals surface area contributed by atoms with Crippen molar-refractivity contribution in [1.82, 2.24) is 0 Å². The lowest BCUT2D eigenvalue weighted by atomic mass is 10.2. The molecule has 31 heavy (non-hydrogen) atoms. The normalized spacial score (nSPS) is 11.2. The van der Waals surface area contributed by atoms with Crippen LogP contribution in [0.25, 0.3) is 0 Å². The summed E-state index contributed by atoms with van der Waals surface area (Å²) in [5.41, 5.74) is 1.33. The molecule has 3 aromatic rings. The summed E-state index contributed by atoms with van der Waals surface area (Å²) in [7, 11) is 4.75. The average Bonchev–Trinajstić information content (AvgIpc) is 2.80. The highest BCUT2D eigenvalue weighted by Gasteiger charge is 2.16. The van der Waals surface area contributed by atoms with Crippen LogP contribution in [0.15, 0.2) is 66.7 Å². The van der Waals surface area contributed by atoms with Gasteiger partial charge in [-0.05, 0) is 55.5 Å². The molecule has 3 aromatic carbocycles. The zero-order chi connectivity index (χ0) is 22.2. The lowest BCUT2D eigenvalue weighted by Crippen LogP contribution is -2.32. The maximum absolute atomic E-state index is 12.6. The summed E-state index contributed by atoms with van der Waals surface area (Å²) in [4.78, 5) is 12.6. The van der Waals surface area contributed by atoms with Crippen LogP contribution in [0.2, 0.25) is 0 Å².